The number of carbonyl (C=O) groups excluding carboxylic acids is 1. The molecule has 0 heterocycles. The summed E-state index contributed by atoms with van der Waals surface area (Å²) in [4.78, 5) is 10.7. The fourth-order valence-electron chi connectivity index (χ4n) is 1.02. The predicted molar refractivity (Wildman–Crippen MR) is 51.3 cm³/mol. The molecular formula is C9H8Cl2O. The van der Waals surface area contributed by atoms with Crippen LogP contribution in [0.25, 0.3) is 0 Å². The largest absolute Gasteiger partial charge is 0.295 e. The minimum Gasteiger partial charge on any atom is -0.295 e. The third-order valence-electron chi connectivity index (χ3n) is 1.38. The van der Waals surface area contributed by atoms with Crippen molar-refractivity contribution in [1.29, 1.82) is 0 Å². The summed E-state index contributed by atoms with van der Waals surface area (Å²) in [6, 6.07) is 0. The van der Waals surface area contributed by atoms with Gasteiger partial charge in [0, 0.05) is 16.5 Å². The normalized spacial score (nSPS) is 20.4. The van der Waals surface area contributed by atoms with Gasteiger partial charge in [0.25, 0.3) is 0 Å². The van der Waals surface area contributed by atoms with Crippen LogP contribution < -0.4 is 0 Å². The molecule has 1 aliphatic carbocycles. The number of carbonyl (C=O) groups is 1. The lowest BCUT2D eigenvalue weighted by Gasteiger charge is -2.06. The van der Waals surface area contributed by atoms with Crippen LogP contribution in [0.5, 0.6) is 0 Å². The molecule has 0 unspecified atom stereocenters. The molecule has 1 nitrogen and oxygen atoms in total. The maximum atomic E-state index is 10.7. The van der Waals surface area contributed by atoms with Gasteiger partial charge in [-0.25, -0.2) is 0 Å². The monoisotopic (exact) mass is 202 g/mol. The van der Waals surface area contributed by atoms with Crippen molar-refractivity contribution in [3.05, 3.63) is 33.9 Å². The van der Waals surface area contributed by atoms with Crippen molar-refractivity contribution in [3.8, 4) is 0 Å². The van der Waals surface area contributed by atoms with Gasteiger partial charge in [0.1, 0.15) is 0 Å². The van der Waals surface area contributed by atoms with E-state index in [9.17, 15) is 4.79 Å². The van der Waals surface area contributed by atoms with Gasteiger partial charge >= 0.3 is 0 Å². The van der Waals surface area contributed by atoms with Gasteiger partial charge in [-0.05, 0) is 30.7 Å². The molecule has 0 aliphatic heterocycles. The molecule has 0 aromatic carbocycles. The summed E-state index contributed by atoms with van der Waals surface area (Å²) in [5, 5.41) is 1.23. The second-order valence-electron chi connectivity index (χ2n) is 2.63. The second-order valence-corrected chi connectivity index (χ2v) is 3.55. The average Bonchev–Trinajstić information content (AvgIpc) is 1.81. The van der Waals surface area contributed by atoms with Gasteiger partial charge in [-0.1, -0.05) is 23.2 Å². The number of rotatable bonds is 1. The van der Waals surface area contributed by atoms with Crippen LogP contribution in [0.15, 0.2) is 33.9 Å². The minimum atomic E-state index is 0.0112. The Kier molecular flexibility index (Phi) is 3.12. The van der Waals surface area contributed by atoms with Crippen molar-refractivity contribution in [2.45, 2.75) is 13.3 Å². The molecular weight excluding hydrogens is 195 g/mol. The number of halogens is 2. The van der Waals surface area contributed by atoms with Crippen LogP contribution in [0.4, 0.5) is 0 Å². The fraction of sp³-hybridized carbons (Fsp3) is 0.222. The van der Waals surface area contributed by atoms with E-state index in [1.165, 1.54) is 13.0 Å². The Morgan fingerprint density at radius 1 is 1.50 bits per heavy atom. The molecule has 0 saturated carbocycles. The Balaban J connectivity index is 2.87. The summed E-state index contributed by atoms with van der Waals surface area (Å²) in [7, 11) is 0. The zero-order chi connectivity index (χ0) is 9.14. The van der Waals surface area contributed by atoms with Crippen molar-refractivity contribution in [1.82, 2.24) is 0 Å². The lowest BCUT2D eigenvalue weighted by Crippen LogP contribution is -1.91. The number of allylic oxidation sites excluding steroid dienone is 6. The molecule has 0 bridgehead atoms. The summed E-state index contributed by atoms with van der Waals surface area (Å²) >= 11 is 11.5. The van der Waals surface area contributed by atoms with Crippen LogP contribution in [-0.2, 0) is 4.79 Å². The highest BCUT2D eigenvalue weighted by molar-refractivity contribution is 6.35. The summed E-state index contributed by atoms with van der Waals surface area (Å²) in [6.07, 6.45) is 5.56. The Hall–Kier alpha value is -0.530. The van der Waals surface area contributed by atoms with Gasteiger partial charge in [0.15, 0.2) is 5.78 Å². The smallest absolute Gasteiger partial charge is 0.152 e. The third kappa shape index (κ3) is 2.84. The second kappa shape index (κ2) is 3.92. The SMILES string of the molecule is CC(=O)C=C1C=C(Cl)C=C(Cl)C1. The van der Waals surface area contributed by atoms with Gasteiger partial charge in [0.2, 0.25) is 0 Å². The molecule has 12 heavy (non-hydrogen) atoms. The molecule has 0 radical (unpaired) electrons. The molecule has 0 atom stereocenters. The van der Waals surface area contributed by atoms with Crippen LogP contribution in [0.3, 0.4) is 0 Å². The summed E-state index contributed by atoms with van der Waals surface area (Å²) in [6.45, 7) is 1.50. The number of hydrogen-bond acceptors (Lipinski definition) is 1. The summed E-state index contributed by atoms with van der Waals surface area (Å²) in [5.41, 5.74) is 0.861. The van der Waals surface area contributed by atoms with E-state index >= 15 is 0 Å². The van der Waals surface area contributed by atoms with Gasteiger partial charge in [-0.15, -0.1) is 0 Å². The van der Waals surface area contributed by atoms with E-state index < -0.39 is 0 Å². The third-order valence-corrected chi connectivity index (χ3v) is 1.84. The molecule has 3 heteroatoms. The Bertz CT molecular complexity index is 295. The first-order valence-electron chi connectivity index (χ1n) is 3.52. The van der Waals surface area contributed by atoms with E-state index in [1.54, 1.807) is 12.2 Å². The molecule has 64 valence electrons. The maximum absolute atomic E-state index is 10.7. The van der Waals surface area contributed by atoms with Crippen LogP contribution in [0.2, 0.25) is 0 Å². The van der Waals surface area contributed by atoms with Crippen molar-refractivity contribution in [3.63, 3.8) is 0 Å². The maximum Gasteiger partial charge on any atom is 0.152 e. The predicted octanol–water partition coefficient (Wildman–Crippen LogP) is 3.15. The molecule has 0 aromatic rings. The Morgan fingerprint density at radius 2 is 2.17 bits per heavy atom. The topological polar surface area (TPSA) is 17.1 Å². The van der Waals surface area contributed by atoms with Gasteiger partial charge in [-0.3, -0.25) is 4.79 Å². The highest BCUT2D eigenvalue weighted by Gasteiger charge is 2.06. The quantitative estimate of drug-likeness (QED) is 0.598. The standard InChI is InChI=1S/C9H8Cl2O/c1-6(12)2-7-3-8(10)5-9(11)4-7/h2-3,5H,4H2,1H3. The molecule has 0 spiro atoms. The Labute approximate surface area is 81.4 Å². The molecule has 1 rings (SSSR count). The van der Waals surface area contributed by atoms with Crippen LogP contribution in [0.1, 0.15) is 13.3 Å². The molecule has 0 N–H and O–H groups in total. The average molecular weight is 203 g/mol. The molecule has 0 aromatic heterocycles. The van der Waals surface area contributed by atoms with E-state index in [0.717, 1.165) is 5.57 Å². The van der Waals surface area contributed by atoms with Crippen molar-refractivity contribution in [2.75, 3.05) is 0 Å². The first-order valence-corrected chi connectivity index (χ1v) is 4.28. The van der Waals surface area contributed by atoms with Gasteiger partial charge in [-0.2, -0.15) is 0 Å². The molecule has 0 amide bonds. The zero-order valence-electron chi connectivity index (χ0n) is 6.60. The van der Waals surface area contributed by atoms with E-state index in [-0.39, 0.29) is 5.78 Å². The zero-order valence-corrected chi connectivity index (χ0v) is 8.12. The minimum absolute atomic E-state index is 0.0112. The first kappa shape index (κ1) is 9.56. The lowest BCUT2D eigenvalue weighted by molar-refractivity contribution is -0.112. The van der Waals surface area contributed by atoms with Crippen LogP contribution >= 0.6 is 23.2 Å². The van der Waals surface area contributed by atoms with Crippen molar-refractivity contribution < 1.29 is 4.79 Å². The first-order chi connectivity index (χ1) is 5.58. The van der Waals surface area contributed by atoms with E-state index in [1.807, 2.05) is 0 Å². The van der Waals surface area contributed by atoms with Crippen molar-refractivity contribution in [2.24, 2.45) is 0 Å². The van der Waals surface area contributed by atoms with E-state index in [2.05, 4.69) is 0 Å². The summed E-state index contributed by atoms with van der Waals surface area (Å²) < 4.78 is 0. The molecule has 0 fully saturated rings. The van der Waals surface area contributed by atoms with Crippen LogP contribution in [0, 0.1) is 0 Å². The highest BCUT2D eigenvalue weighted by Crippen LogP contribution is 2.26. The van der Waals surface area contributed by atoms with Crippen LogP contribution in [-0.4, -0.2) is 5.78 Å². The molecule has 0 saturated heterocycles. The Morgan fingerprint density at radius 3 is 2.67 bits per heavy atom. The molecule has 1 aliphatic rings. The van der Waals surface area contributed by atoms with E-state index in [0.29, 0.717) is 16.5 Å². The van der Waals surface area contributed by atoms with Gasteiger partial charge in [0.05, 0.1) is 0 Å². The van der Waals surface area contributed by atoms with Crippen molar-refractivity contribution >= 4 is 29.0 Å². The number of hydrogen-bond donors (Lipinski definition) is 0. The lowest BCUT2D eigenvalue weighted by atomic mass is 10.1. The fourth-order valence-corrected chi connectivity index (χ4v) is 1.62. The summed E-state index contributed by atoms with van der Waals surface area (Å²) in [5.74, 6) is 0.0112. The highest BCUT2D eigenvalue weighted by atomic mass is 35.5. The number of ketones is 1. The van der Waals surface area contributed by atoms with E-state index in [4.69, 9.17) is 23.2 Å². The van der Waals surface area contributed by atoms with Gasteiger partial charge < -0.3 is 0 Å².